The maximum atomic E-state index is 11.7. The highest BCUT2D eigenvalue weighted by Gasteiger charge is 2.23. The number of imide groups is 1. The van der Waals surface area contributed by atoms with Crippen LogP contribution in [0, 0.1) is 0 Å². The maximum absolute atomic E-state index is 11.7. The number of benzene rings is 1. The largest absolute Gasteiger partial charge is 0.461 e. The number of nitrogens with one attached hydrogen (secondary N) is 5. The van der Waals surface area contributed by atoms with Crippen molar-refractivity contribution in [2.45, 2.75) is 73.0 Å². The van der Waals surface area contributed by atoms with Crippen molar-refractivity contribution in [1.29, 1.82) is 0 Å². The average Bonchev–Trinajstić information content (AvgIpc) is 3.39. The number of nitrogens with two attached hydrogens (primary N) is 2. The van der Waals surface area contributed by atoms with Gasteiger partial charge in [0, 0.05) is 50.3 Å². The Kier molecular flexibility index (Phi) is 32.0. The second-order valence-corrected chi connectivity index (χ2v) is 9.58. The summed E-state index contributed by atoms with van der Waals surface area (Å²) in [5, 5.41) is 13.1. The molecule has 9 N–H and O–H groups in total. The fourth-order valence-electron chi connectivity index (χ4n) is 3.36. The number of amides is 8. The smallest absolute Gasteiger partial charge is 0.312 e. The number of rotatable bonds is 16. The molecule has 0 radical (unpaired) electrons. The van der Waals surface area contributed by atoms with Gasteiger partial charge in [0.05, 0.1) is 6.54 Å². The molecule has 0 fully saturated rings. The summed E-state index contributed by atoms with van der Waals surface area (Å²) in [6.45, 7) is 11.1. The molecule has 1 unspecified atom stereocenters. The zero-order valence-corrected chi connectivity index (χ0v) is 29.3. The van der Waals surface area contributed by atoms with Gasteiger partial charge in [0.2, 0.25) is 24.6 Å². The molecular weight excluding hydrogens is 640 g/mol. The van der Waals surface area contributed by atoms with E-state index in [-0.39, 0.29) is 56.4 Å². The molecule has 0 bridgehead atoms. The Morgan fingerprint density at radius 2 is 1.55 bits per heavy atom. The maximum Gasteiger partial charge on any atom is 0.312 e. The highest BCUT2D eigenvalue weighted by molar-refractivity contribution is 6.13. The Morgan fingerprint density at radius 3 is 2.00 bits per heavy atom. The molecule has 0 saturated carbocycles. The second kappa shape index (κ2) is 32.6. The Balaban J connectivity index is -0.000000684. The van der Waals surface area contributed by atoms with Crippen molar-refractivity contribution >= 4 is 54.1 Å². The molecule has 2 rings (SSSR count). The third-order valence-corrected chi connectivity index (χ3v) is 5.51. The molecule has 0 spiro atoms. The third-order valence-electron chi connectivity index (χ3n) is 5.51. The summed E-state index contributed by atoms with van der Waals surface area (Å²) < 4.78 is 4.83. The van der Waals surface area contributed by atoms with Crippen LogP contribution in [-0.4, -0.2) is 92.6 Å². The van der Waals surface area contributed by atoms with Crippen LogP contribution in [0.4, 0.5) is 10.5 Å². The summed E-state index contributed by atoms with van der Waals surface area (Å²) in [4.78, 5) is 86.2. The highest BCUT2D eigenvalue weighted by Crippen LogP contribution is 2.10. The molecule has 0 aromatic heterocycles. The highest BCUT2D eigenvalue weighted by atomic mass is 16.5. The van der Waals surface area contributed by atoms with Crippen LogP contribution in [0.2, 0.25) is 0 Å². The van der Waals surface area contributed by atoms with Crippen molar-refractivity contribution in [3.8, 4) is 0 Å². The molecule has 0 aliphatic carbocycles. The molecule has 0 saturated heterocycles. The lowest BCUT2D eigenvalue weighted by Crippen LogP contribution is -2.38. The monoisotopic (exact) mass is 694 g/mol. The molecule has 49 heavy (non-hydrogen) atoms. The van der Waals surface area contributed by atoms with Crippen LogP contribution in [0.3, 0.4) is 0 Å². The molecule has 1 aromatic carbocycles. The van der Waals surface area contributed by atoms with Crippen LogP contribution in [0.5, 0.6) is 0 Å². The van der Waals surface area contributed by atoms with Gasteiger partial charge in [0.15, 0.2) is 0 Å². The summed E-state index contributed by atoms with van der Waals surface area (Å²) in [7, 11) is 1.96. The number of hydrogen-bond donors (Lipinski definition) is 7. The first kappa shape index (κ1) is 48.1. The first-order chi connectivity index (χ1) is 23.3. The van der Waals surface area contributed by atoms with Crippen molar-refractivity contribution in [3.63, 3.8) is 0 Å². The van der Waals surface area contributed by atoms with Gasteiger partial charge in [-0.15, -0.1) is 0 Å². The predicted octanol–water partition coefficient (Wildman–Crippen LogP) is 0.432. The molecule has 8 amide bonds. The third kappa shape index (κ3) is 29.8. The molecular formula is C32H54N8O9. The van der Waals surface area contributed by atoms with E-state index in [0.29, 0.717) is 31.5 Å². The first-order valence-electron chi connectivity index (χ1n) is 15.7. The summed E-state index contributed by atoms with van der Waals surface area (Å²) in [6, 6.07) is 6.24. The zero-order valence-electron chi connectivity index (χ0n) is 29.3. The molecule has 1 aliphatic heterocycles. The Bertz CT molecular complexity index is 1140. The van der Waals surface area contributed by atoms with Gasteiger partial charge < -0.3 is 42.8 Å². The van der Waals surface area contributed by atoms with Crippen LogP contribution in [-0.2, 0) is 44.9 Å². The average molecular weight is 695 g/mol. The topological polar surface area (TPSA) is 261 Å². The van der Waals surface area contributed by atoms with Crippen LogP contribution >= 0.6 is 0 Å². The molecule has 1 atom stereocenters. The minimum atomic E-state index is -0.569. The lowest BCUT2D eigenvalue weighted by atomic mass is 10.2. The normalized spacial score (nSPS) is 11.2. The number of carbonyl (C=O) groups is 8. The summed E-state index contributed by atoms with van der Waals surface area (Å²) >= 11 is 0. The minimum absolute atomic E-state index is 0.0599. The number of ether oxygens (including phenoxy) is 1. The van der Waals surface area contributed by atoms with Gasteiger partial charge in [-0.2, -0.15) is 0 Å². The number of hydrogen-bond acceptors (Lipinski definition) is 10. The van der Waals surface area contributed by atoms with E-state index < -0.39 is 17.8 Å². The summed E-state index contributed by atoms with van der Waals surface area (Å²) in [5.41, 5.74) is 10.5. The van der Waals surface area contributed by atoms with Gasteiger partial charge in [-0.3, -0.25) is 38.5 Å². The molecule has 17 heteroatoms. The van der Waals surface area contributed by atoms with E-state index in [1.165, 1.54) is 25.5 Å². The van der Waals surface area contributed by atoms with Crippen molar-refractivity contribution in [2.75, 3.05) is 38.5 Å². The van der Waals surface area contributed by atoms with Crippen molar-refractivity contribution in [1.82, 2.24) is 26.2 Å². The summed E-state index contributed by atoms with van der Waals surface area (Å²) in [6.07, 6.45) is 5.77. The number of carbonyl (C=O) groups excluding carboxylic acids is 8. The van der Waals surface area contributed by atoms with Gasteiger partial charge in [-0.1, -0.05) is 32.9 Å². The minimum Gasteiger partial charge on any atom is -0.461 e. The molecule has 276 valence electrons. The Morgan fingerprint density at radius 1 is 0.980 bits per heavy atom. The second-order valence-electron chi connectivity index (χ2n) is 9.58. The van der Waals surface area contributed by atoms with Crippen LogP contribution < -0.4 is 38.1 Å². The van der Waals surface area contributed by atoms with E-state index in [4.69, 9.17) is 15.3 Å². The van der Waals surface area contributed by atoms with E-state index in [9.17, 15) is 33.6 Å². The van der Waals surface area contributed by atoms with E-state index in [2.05, 4.69) is 39.2 Å². The Labute approximate surface area is 288 Å². The van der Waals surface area contributed by atoms with Gasteiger partial charge in [0.1, 0.15) is 6.61 Å². The van der Waals surface area contributed by atoms with Crippen LogP contribution in [0.15, 0.2) is 36.4 Å². The lowest BCUT2D eigenvalue weighted by molar-refractivity contribution is -0.142. The quantitative estimate of drug-likeness (QED) is 0.0543. The van der Waals surface area contributed by atoms with Gasteiger partial charge in [0.25, 0.3) is 11.8 Å². The van der Waals surface area contributed by atoms with Gasteiger partial charge in [-0.05, 0) is 57.5 Å². The van der Waals surface area contributed by atoms with E-state index in [0.717, 1.165) is 17.0 Å². The zero-order chi connectivity index (χ0) is 38.0. The number of anilines is 1. The molecule has 1 aromatic rings. The Hall–Kier alpha value is -5.32. The number of nitrogens with zero attached hydrogens (tertiary/aromatic N) is 1. The first-order valence-corrected chi connectivity index (χ1v) is 15.7. The fraction of sp³-hybridized carbons (Fsp3) is 0.500. The van der Waals surface area contributed by atoms with Gasteiger partial charge >= 0.3 is 12.0 Å². The lowest BCUT2D eigenvalue weighted by Gasteiger charge is -2.16. The summed E-state index contributed by atoms with van der Waals surface area (Å²) in [5.74, 6) is -1.66. The number of esters is 1. The molecule has 17 nitrogen and oxygen atoms in total. The van der Waals surface area contributed by atoms with Crippen LogP contribution in [0.25, 0.3) is 0 Å². The van der Waals surface area contributed by atoms with Crippen molar-refractivity contribution < 1.29 is 43.1 Å². The number of urea groups is 1. The SMILES string of the molecule is CC.CC(=O)OCc1ccc(NC(=O)CNC=O)cc1.CC(CCCNC(N)=O)NC(=O)CCN1C(=O)C=CC1=O.CCCNC.NC=O. The number of primary amides is 2. The van der Waals surface area contributed by atoms with Crippen molar-refractivity contribution in [3.05, 3.63) is 42.0 Å². The van der Waals surface area contributed by atoms with Gasteiger partial charge in [-0.25, -0.2) is 4.79 Å². The molecule has 1 aliphatic rings. The predicted molar refractivity (Wildman–Crippen MR) is 185 cm³/mol. The van der Waals surface area contributed by atoms with Crippen LogP contribution in [0.1, 0.15) is 65.9 Å². The van der Waals surface area contributed by atoms with E-state index in [1.807, 2.05) is 27.8 Å². The van der Waals surface area contributed by atoms with E-state index >= 15 is 0 Å². The van der Waals surface area contributed by atoms with Crippen molar-refractivity contribution in [2.24, 2.45) is 11.5 Å². The standard InChI is InChI=1S/C13H20N4O4.C12H14N2O4.C4H11N.C2H6.CH3NO/c1-9(3-2-7-15-13(14)21)16-10(18)6-8-17-11(19)4-5-12(17)20;1-9(16)18-7-10-2-4-11(5-3-10)14-12(17)6-13-8-15;1-3-4-5-2;1-2;2-1-3/h4-5,9H,2-3,6-8H2,1H3,(H,16,18)(H3,14,15,21);2-5,8H,6-7H2,1H3,(H,13,15)(H,14,17);5H,3-4H2,1-2H3;1-2H3;1H,(H2,2,3). The van der Waals surface area contributed by atoms with E-state index in [1.54, 1.807) is 24.3 Å². The fourth-order valence-corrected chi connectivity index (χ4v) is 3.36. The molecule has 1 heterocycles.